The predicted molar refractivity (Wildman–Crippen MR) is 70.6 cm³/mol. The number of nitrogens with zero attached hydrogens (tertiary/aromatic N) is 1. The molecule has 0 atom stereocenters. The van der Waals surface area contributed by atoms with Gasteiger partial charge in [0.05, 0.1) is 4.47 Å². The van der Waals surface area contributed by atoms with Crippen molar-refractivity contribution in [3.05, 3.63) is 58.3 Å². The highest BCUT2D eigenvalue weighted by Crippen LogP contribution is 2.29. The first kappa shape index (κ1) is 12.1. The van der Waals surface area contributed by atoms with Gasteiger partial charge in [-0.1, -0.05) is 18.2 Å². The van der Waals surface area contributed by atoms with Crippen molar-refractivity contribution in [1.29, 1.82) is 0 Å². The first-order valence-electron chi connectivity index (χ1n) is 5.30. The number of benzene rings is 1. The topological polar surface area (TPSA) is 48.1 Å². The van der Waals surface area contributed by atoms with E-state index < -0.39 is 0 Å². The SMILES string of the molecule is NCc1cccc(Br)c1OCc1cccnc1. The van der Waals surface area contributed by atoms with E-state index in [0.29, 0.717) is 13.2 Å². The van der Waals surface area contributed by atoms with Gasteiger partial charge in [0.25, 0.3) is 0 Å². The molecule has 0 aliphatic heterocycles. The number of hydrogen-bond acceptors (Lipinski definition) is 3. The van der Waals surface area contributed by atoms with E-state index in [9.17, 15) is 0 Å². The first-order chi connectivity index (χ1) is 8.31. The third kappa shape index (κ3) is 3.05. The number of aromatic nitrogens is 1. The number of ether oxygens (including phenoxy) is 1. The molecule has 1 aromatic carbocycles. The molecule has 0 amide bonds. The van der Waals surface area contributed by atoms with E-state index in [2.05, 4.69) is 20.9 Å². The van der Waals surface area contributed by atoms with E-state index in [1.807, 2.05) is 30.3 Å². The Hall–Kier alpha value is -1.39. The van der Waals surface area contributed by atoms with Crippen molar-refractivity contribution in [3.8, 4) is 5.75 Å². The van der Waals surface area contributed by atoms with E-state index in [0.717, 1.165) is 21.3 Å². The van der Waals surface area contributed by atoms with Gasteiger partial charge in [-0.05, 0) is 28.1 Å². The van der Waals surface area contributed by atoms with E-state index >= 15 is 0 Å². The molecule has 0 saturated carbocycles. The van der Waals surface area contributed by atoms with Crippen molar-refractivity contribution in [1.82, 2.24) is 4.98 Å². The summed E-state index contributed by atoms with van der Waals surface area (Å²) in [6.45, 7) is 0.950. The Morgan fingerprint density at radius 2 is 2.12 bits per heavy atom. The van der Waals surface area contributed by atoms with Crippen LogP contribution in [0.3, 0.4) is 0 Å². The molecule has 17 heavy (non-hydrogen) atoms. The lowest BCUT2D eigenvalue weighted by Gasteiger charge is -2.12. The zero-order chi connectivity index (χ0) is 12.1. The minimum atomic E-state index is 0.460. The van der Waals surface area contributed by atoms with Crippen LogP contribution in [0.4, 0.5) is 0 Å². The molecule has 0 unspecified atom stereocenters. The van der Waals surface area contributed by atoms with E-state index in [1.54, 1.807) is 12.4 Å². The van der Waals surface area contributed by atoms with Crippen LogP contribution in [-0.4, -0.2) is 4.98 Å². The summed E-state index contributed by atoms with van der Waals surface area (Å²) >= 11 is 3.47. The highest BCUT2D eigenvalue weighted by molar-refractivity contribution is 9.10. The summed E-state index contributed by atoms with van der Waals surface area (Å²) in [5.74, 6) is 0.804. The third-order valence-electron chi connectivity index (χ3n) is 2.37. The molecule has 0 aliphatic carbocycles. The number of rotatable bonds is 4. The number of halogens is 1. The van der Waals surface area contributed by atoms with Crippen LogP contribution >= 0.6 is 15.9 Å². The summed E-state index contributed by atoms with van der Waals surface area (Å²) in [5, 5.41) is 0. The number of hydrogen-bond donors (Lipinski definition) is 1. The Morgan fingerprint density at radius 3 is 2.82 bits per heavy atom. The maximum Gasteiger partial charge on any atom is 0.138 e. The van der Waals surface area contributed by atoms with Gasteiger partial charge in [-0.3, -0.25) is 4.98 Å². The lowest BCUT2D eigenvalue weighted by atomic mass is 10.2. The van der Waals surface area contributed by atoms with Crippen LogP contribution in [0.1, 0.15) is 11.1 Å². The summed E-state index contributed by atoms with van der Waals surface area (Å²) in [5.41, 5.74) is 7.70. The van der Waals surface area contributed by atoms with E-state index in [1.165, 1.54) is 0 Å². The lowest BCUT2D eigenvalue weighted by molar-refractivity contribution is 0.300. The van der Waals surface area contributed by atoms with Gasteiger partial charge in [0.2, 0.25) is 0 Å². The summed E-state index contributed by atoms with van der Waals surface area (Å²) in [6, 6.07) is 9.72. The Morgan fingerprint density at radius 1 is 1.24 bits per heavy atom. The van der Waals surface area contributed by atoms with E-state index in [-0.39, 0.29) is 0 Å². The predicted octanol–water partition coefficient (Wildman–Crippen LogP) is 2.88. The van der Waals surface area contributed by atoms with Crippen molar-refractivity contribution in [2.75, 3.05) is 0 Å². The molecule has 0 spiro atoms. The molecular formula is C13H13BrN2O. The van der Waals surface area contributed by atoms with Gasteiger partial charge in [-0.25, -0.2) is 0 Å². The largest absolute Gasteiger partial charge is 0.487 e. The Kier molecular flexibility index (Phi) is 4.12. The maximum absolute atomic E-state index is 5.78. The minimum Gasteiger partial charge on any atom is -0.487 e. The van der Waals surface area contributed by atoms with Gasteiger partial charge < -0.3 is 10.5 Å². The summed E-state index contributed by atoms with van der Waals surface area (Å²) in [4.78, 5) is 4.05. The summed E-state index contributed by atoms with van der Waals surface area (Å²) in [6.07, 6.45) is 3.53. The average Bonchev–Trinajstić information content (AvgIpc) is 2.38. The molecule has 0 aliphatic rings. The van der Waals surface area contributed by atoms with Crippen LogP contribution in [0, 0.1) is 0 Å². The Balaban J connectivity index is 2.14. The molecule has 2 N–H and O–H groups in total. The highest BCUT2D eigenvalue weighted by atomic mass is 79.9. The fourth-order valence-corrected chi connectivity index (χ4v) is 2.04. The molecule has 3 nitrogen and oxygen atoms in total. The fourth-order valence-electron chi connectivity index (χ4n) is 1.51. The molecule has 1 aromatic heterocycles. The number of para-hydroxylation sites is 1. The zero-order valence-corrected chi connectivity index (χ0v) is 10.9. The first-order valence-corrected chi connectivity index (χ1v) is 6.09. The quantitative estimate of drug-likeness (QED) is 0.943. The highest BCUT2D eigenvalue weighted by Gasteiger charge is 2.06. The van der Waals surface area contributed by atoms with Gasteiger partial charge in [0, 0.05) is 30.1 Å². The van der Waals surface area contributed by atoms with Gasteiger partial charge in [0.1, 0.15) is 12.4 Å². The van der Waals surface area contributed by atoms with Crippen LogP contribution in [0.15, 0.2) is 47.2 Å². The smallest absolute Gasteiger partial charge is 0.138 e. The van der Waals surface area contributed by atoms with Crippen molar-refractivity contribution in [3.63, 3.8) is 0 Å². The van der Waals surface area contributed by atoms with Crippen LogP contribution in [0.2, 0.25) is 0 Å². The summed E-state index contributed by atoms with van der Waals surface area (Å²) < 4.78 is 6.70. The average molecular weight is 293 g/mol. The Bertz CT molecular complexity index is 488. The molecule has 0 fully saturated rings. The van der Waals surface area contributed by atoms with Crippen molar-refractivity contribution < 1.29 is 4.74 Å². The van der Waals surface area contributed by atoms with Gasteiger partial charge in [-0.15, -0.1) is 0 Å². The van der Waals surface area contributed by atoms with Crippen molar-refractivity contribution in [2.45, 2.75) is 13.2 Å². The maximum atomic E-state index is 5.78. The third-order valence-corrected chi connectivity index (χ3v) is 3.00. The van der Waals surface area contributed by atoms with Crippen LogP contribution in [-0.2, 0) is 13.2 Å². The van der Waals surface area contributed by atoms with Crippen molar-refractivity contribution in [2.24, 2.45) is 5.73 Å². The lowest BCUT2D eigenvalue weighted by Crippen LogP contribution is -2.03. The molecule has 0 saturated heterocycles. The van der Waals surface area contributed by atoms with Gasteiger partial charge in [-0.2, -0.15) is 0 Å². The number of pyridine rings is 1. The molecular weight excluding hydrogens is 280 g/mol. The molecule has 0 radical (unpaired) electrons. The van der Waals surface area contributed by atoms with Gasteiger partial charge >= 0.3 is 0 Å². The minimum absolute atomic E-state index is 0.460. The molecule has 88 valence electrons. The monoisotopic (exact) mass is 292 g/mol. The standard InChI is InChI=1S/C13H13BrN2O/c14-12-5-1-4-11(7-15)13(12)17-9-10-3-2-6-16-8-10/h1-6,8H,7,9,15H2. The molecule has 2 rings (SSSR count). The second-order valence-corrected chi connectivity index (χ2v) is 4.44. The second-order valence-electron chi connectivity index (χ2n) is 3.58. The summed E-state index contributed by atoms with van der Waals surface area (Å²) in [7, 11) is 0. The normalized spacial score (nSPS) is 10.2. The van der Waals surface area contributed by atoms with E-state index in [4.69, 9.17) is 10.5 Å². The Labute approximate surface area is 109 Å². The molecule has 0 bridgehead atoms. The van der Waals surface area contributed by atoms with Crippen molar-refractivity contribution >= 4 is 15.9 Å². The molecule has 1 heterocycles. The van der Waals surface area contributed by atoms with Crippen LogP contribution in [0.5, 0.6) is 5.75 Å². The molecule has 2 aromatic rings. The zero-order valence-electron chi connectivity index (χ0n) is 9.27. The van der Waals surface area contributed by atoms with Crippen LogP contribution in [0.25, 0.3) is 0 Å². The van der Waals surface area contributed by atoms with Crippen LogP contribution < -0.4 is 10.5 Å². The fraction of sp³-hybridized carbons (Fsp3) is 0.154. The number of nitrogens with two attached hydrogens (primary N) is 1. The molecule has 4 heteroatoms. The van der Waals surface area contributed by atoms with Gasteiger partial charge in [0.15, 0.2) is 0 Å². The second kappa shape index (κ2) is 5.80.